The predicted octanol–water partition coefficient (Wildman–Crippen LogP) is 2.49. The van der Waals surface area contributed by atoms with Crippen molar-refractivity contribution in [3.05, 3.63) is 46.2 Å². The summed E-state index contributed by atoms with van der Waals surface area (Å²) in [6.45, 7) is 1.37. The van der Waals surface area contributed by atoms with Gasteiger partial charge in [0.15, 0.2) is 0 Å². The molecule has 20 heavy (non-hydrogen) atoms. The summed E-state index contributed by atoms with van der Waals surface area (Å²) in [4.78, 5) is 24.6. The number of hydrogen-bond donors (Lipinski definition) is 2. The van der Waals surface area contributed by atoms with Crippen molar-refractivity contribution < 1.29 is 19.8 Å². The third kappa shape index (κ3) is 2.97. The van der Waals surface area contributed by atoms with E-state index in [-0.39, 0.29) is 11.7 Å². The highest BCUT2D eigenvalue weighted by Gasteiger charge is 2.22. The maximum absolute atomic E-state index is 12.5. The molecular weight excluding hydrogens is 278 g/mol. The van der Waals surface area contributed by atoms with Crippen LogP contribution >= 0.6 is 11.3 Å². The Hall–Kier alpha value is -2.34. The number of benzene rings is 1. The molecule has 0 saturated heterocycles. The lowest BCUT2D eigenvalue weighted by Crippen LogP contribution is -2.35. The molecular formula is C14H13NO4S. The van der Waals surface area contributed by atoms with Crippen molar-refractivity contribution in [1.82, 2.24) is 0 Å². The van der Waals surface area contributed by atoms with Gasteiger partial charge in [0.1, 0.15) is 12.3 Å². The van der Waals surface area contributed by atoms with Crippen LogP contribution < -0.4 is 4.90 Å². The Labute approximate surface area is 119 Å². The van der Waals surface area contributed by atoms with Gasteiger partial charge in [-0.3, -0.25) is 14.5 Å². The number of aryl methyl sites for hydroxylation is 1. The number of carbonyl (C=O) groups excluding carboxylic acids is 1. The highest BCUT2D eigenvalue weighted by Crippen LogP contribution is 2.23. The van der Waals surface area contributed by atoms with Crippen LogP contribution in [0.15, 0.2) is 35.0 Å². The number of hydrogen-bond acceptors (Lipinski definition) is 4. The fourth-order valence-electron chi connectivity index (χ4n) is 1.77. The van der Waals surface area contributed by atoms with Gasteiger partial charge in [-0.15, -0.1) is 0 Å². The van der Waals surface area contributed by atoms with Gasteiger partial charge >= 0.3 is 5.97 Å². The van der Waals surface area contributed by atoms with E-state index in [1.807, 2.05) is 5.38 Å². The van der Waals surface area contributed by atoms with E-state index in [4.69, 9.17) is 5.11 Å². The molecule has 1 heterocycles. The normalized spacial score (nSPS) is 10.2. The van der Waals surface area contributed by atoms with Crippen LogP contribution in [0.2, 0.25) is 0 Å². The van der Waals surface area contributed by atoms with E-state index in [2.05, 4.69) is 0 Å². The predicted molar refractivity (Wildman–Crippen MR) is 76.5 cm³/mol. The standard InChI is InChI=1S/C14H13NO4S/c1-9-7-20-8-12(9)14(19)15(6-13(17)18)10-2-4-11(16)5-3-10/h2-5,7-8,16H,6H2,1H3,(H,17,18). The number of carboxylic acid groups (broad SMARTS) is 1. The summed E-state index contributed by atoms with van der Waals surface area (Å²) in [5.74, 6) is -1.40. The molecule has 6 heteroatoms. The minimum atomic E-state index is -1.10. The number of carbonyl (C=O) groups is 2. The number of aliphatic carboxylic acids is 1. The summed E-state index contributed by atoms with van der Waals surface area (Å²) in [5.41, 5.74) is 1.74. The molecule has 104 valence electrons. The number of nitrogens with zero attached hydrogens (tertiary/aromatic N) is 1. The summed E-state index contributed by atoms with van der Waals surface area (Å²) in [5, 5.41) is 21.8. The topological polar surface area (TPSA) is 77.8 Å². The summed E-state index contributed by atoms with van der Waals surface area (Å²) >= 11 is 1.39. The minimum absolute atomic E-state index is 0.0585. The zero-order valence-electron chi connectivity index (χ0n) is 10.7. The molecule has 2 aromatic rings. The van der Waals surface area contributed by atoms with E-state index in [0.29, 0.717) is 11.3 Å². The summed E-state index contributed by atoms with van der Waals surface area (Å²) in [6.07, 6.45) is 0. The molecule has 0 radical (unpaired) electrons. The maximum Gasteiger partial charge on any atom is 0.323 e. The smallest absolute Gasteiger partial charge is 0.323 e. The van der Waals surface area contributed by atoms with Gasteiger partial charge in [-0.05, 0) is 42.1 Å². The zero-order chi connectivity index (χ0) is 14.7. The van der Waals surface area contributed by atoms with E-state index >= 15 is 0 Å². The fraction of sp³-hybridized carbons (Fsp3) is 0.143. The summed E-state index contributed by atoms with van der Waals surface area (Å²) < 4.78 is 0. The third-order valence-corrected chi connectivity index (χ3v) is 3.65. The number of aromatic hydroxyl groups is 1. The number of phenolic OH excluding ortho intramolecular Hbond substituents is 1. The van der Waals surface area contributed by atoms with Crippen LogP contribution in [-0.4, -0.2) is 28.6 Å². The van der Waals surface area contributed by atoms with Crippen LogP contribution in [0.3, 0.4) is 0 Å². The summed E-state index contributed by atoms with van der Waals surface area (Å²) in [6, 6.07) is 5.85. The Bertz CT molecular complexity index is 633. The molecule has 0 aliphatic rings. The number of amides is 1. The van der Waals surface area contributed by atoms with Crippen molar-refractivity contribution in [2.24, 2.45) is 0 Å². The SMILES string of the molecule is Cc1cscc1C(=O)N(CC(=O)O)c1ccc(O)cc1. The van der Waals surface area contributed by atoms with Crippen LogP contribution in [0.5, 0.6) is 5.75 Å². The van der Waals surface area contributed by atoms with Crippen LogP contribution in [0.4, 0.5) is 5.69 Å². The summed E-state index contributed by atoms with van der Waals surface area (Å²) in [7, 11) is 0. The number of anilines is 1. The van der Waals surface area contributed by atoms with Crippen molar-refractivity contribution in [3.8, 4) is 5.75 Å². The fourth-order valence-corrected chi connectivity index (χ4v) is 2.60. The third-order valence-electron chi connectivity index (χ3n) is 2.79. The lowest BCUT2D eigenvalue weighted by molar-refractivity contribution is -0.135. The van der Waals surface area contributed by atoms with Gasteiger partial charge in [0.05, 0.1) is 5.56 Å². The molecule has 0 aliphatic heterocycles. The first-order valence-electron chi connectivity index (χ1n) is 5.84. The number of phenols is 1. The molecule has 1 amide bonds. The Balaban J connectivity index is 2.37. The molecule has 2 rings (SSSR count). The van der Waals surface area contributed by atoms with Crippen molar-refractivity contribution in [2.75, 3.05) is 11.4 Å². The second-order valence-electron chi connectivity index (χ2n) is 4.27. The largest absolute Gasteiger partial charge is 0.508 e. The van der Waals surface area contributed by atoms with Crippen molar-refractivity contribution in [2.45, 2.75) is 6.92 Å². The van der Waals surface area contributed by atoms with Gasteiger partial charge < -0.3 is 10.2 Å². The molecule has 0 fully saturated rings. The Morgan fingerprint density at radius 3 is 2.35 bits per heavy atom. The number of thiophene rings is 1. The van der Waals surface area contributed by atoms with E-state index in [1.165, 1.54) is 40.5 Å². The number of rotatable bonds is 4. The molecule has 0 atom stereocenters. The Morgan fingerprint density at radius 2 is 1.85 bits per heavy atom. The lowest BCUT2D eigenvalue weighted by Gasteiger charge is -2.21. The van der Waals surface area contributed by atoms with Gasteiger partial charge in [0.25, 0.3) is 5.91 Å². The van der Waals surface area contributed by atoms with Crippen LogP contribution in [0, 0.1) is 6.92 Å². The minimum Gasteiger partial charge on any atom is -0.508 e. The monoisotopic (exact) mass is 291 g/mol. The molecule has 0 bridgehead atoms. The molecule has 5 nitrogen and oxygen atoms in total. The quantitative estimate of drug-likeness (QED) is 0.907. The average molecular weight is 291 g/mol. The van der Waals surface area contributed by atoms with Gasteiger partial charge in [0, 0.05) is 11.1 Å². The molecule has 1 aromatic carbocycles. The van der Waals surface area contributed by atoms with Gasteiger partial charge in [-0.1, -0.05) is 0 Å². The molecule has 0 aliphatic carbocycles. The van der Waals surface area contributed by atoms with Crippen molar-refractivity contribution in [1.29, 1.82) is 0 Å². The molecule has 0 spiro atoms. The molecule has 0 unspecified atom stereocenters. The second kappa shape index (κ2) is 5.75. The van der Waals surface area contributed by atoms with Crippen LogP contribution in [0.1, 0.15) is 15.9 Å². The molecule has 1 aromatic heterocycles. The van der Waals surface area contributed by atoms with E-state index < -0.39 is 12.5 Å². The molecule has 0 saturated carbocycles. The second-order valence-corrected chi connectivity index (χ2v) is 5.01. The van der Waals surface area contributed by atoms with Crippen molar-refractivity contribution >= 4 is 28.9 Å². The highest BCUT2D eigenvalue weighted by molar-refractivity contribution is 7.08. The van der Waals surface area contributed by atoms with Crippen molar-refractivity contribution in [3.63, 3.8) is 0 Å². The maximum atomic E-state index is 12.5. The van der Waals surface area contributed by atoms with Gasteiger partial charge in [-0.2, -0.15) is 11.3 Å². The Morgan fingerprint density at radius 1 is 1.20 bits per heavy atom. The van der Waals surface area contributed by atoms with E-state index in [9.17, 15) is 14.7 Å². The zero-order valence-corrected chi connectivity index (χ0v) is 11.6. The first kappa shape index (κ1) is 14.1. The van der Waals surface area contributed by atoms with E-state index in [0.717, 1.165) is 5.56 Å². The van der Waals surface area contributed by atoms with Gasteiger partial charge in [0.2, 0.25) is 0 Å². The molecule has 2 N–H and O–H groups in total. The average Bonchev–Trinajstić information content (AvgIpc) is 2.82. The first-order chi connectivity index (χ1) is 9.49. The Kier molecular flexibility index (Phi) is 4.05. The van der Waals surface area contributed by atoms with Gasteiger partial charge in [-0.25, -0.2) is 0 Å². The number of carboxylic acids is 1. The highest BCUT2D eigenvalue weighted by atomic mass is 32.1. The lowest BCUT2D eigenvalue weighted by atomic mass is 10.1. The van der Waals surface area contributed by atoms with Crippen LogP contribution in [-0.2, 0) is 4.79 Å². The van der Waals surface area contributed by atoms with E-state index in [1.54, 1.807) is 12.3 Å². The first-order valence-corrected chi connectivity index (χ1v) is 6.79. The van der Waals surface area contributed by atoms with Crippen LogP contribution in [0.25, 0.3) is 0 Å².